The predicted octanol–water partition coefficient (Wildman–Crippen LogP) is 0.871. The molecular weight excluding hydrogens is 292 g/mol. The third-order valence-corrected chi connectivity index (χ3v) is 3.56. The highest BCUT2D eigenvalue weighted by molar-refractivity contribution is 6.01. The van der Waals surface area contributed by atoms with Gasteiger partial charge in [-0.05, 0) is 17.7 Å². The Morgan fingerprint density at radius 2 is 1.59 bits per heavy atom. The van der Waals surface area contributed by atoms with Crippen LogP contribution in [0.4, 0.5) is 0 Å². The van der Waals surface area contributed by atoms with Crippen molar-refractivity contribution in [2.24, 2.45) is 11.8 Å². The van der Waals surface area contributed by atoms with Crippen LogP contribution in [0.25, 0.3) is 0 Å². The predicted molar refractivity (Wildman–Crippen MR) is 72.8 cm³/mol. The summed E-state index contributed by atoms with van der Waals surface area (Å²) in [5, 5.41) is 0. The van der Waals surface area contributed by atoms with E-state index in [2.05, 4.69) is 4.74 Å². The summed E-state index contributed by atoms with van der Waals surface area (Å²) in [5.41, 5.74) is 0.566. The molecule has 2 unspecified atom stereocenters. The highest BCUT2D eigenvalue weighted by Crippen LogP contribution is 2.41. The summed E-state index contributed by atoms with van der Waals surface area (Å²) in [6, 6.07) is 6.66. The molecule has 0 aliphatic carbocycles. The van der Waals surface area contributed by atoms with Crippen molar-refractivity contribution in [1.82, 2.24) is 0 Å². The molecule has 0 N–H and O–H groups in total. The Hall–Kier alpha value is -2.57. The highest BCUT2D eigenvalue weighted by Gasteiger charge is 2.54. The third-order valence-electron chi connectivity index (χ3n) is 3.56. The molecule has 7 heteroatoms. The zero-order chi connectivity index (χ0) is 16.3. The number of esters is 3. The monoisotopic (exact) mass is 308 g/mol. The molecule has 1 aliphatic heterocycles. The van der Waals surface area contributed by atoms with Crippen molar-refractivity contribution in [3.8, 4) is 5.75 Å². The highest BCUT2D eigenvalue weighted by atomic mass is 16.6. The van der Waals surface area contributed by atoms with Crippen LogP contribution in [0.1, 0.15) is 11.7 Å². The average Bonchev–Trinajstić information content (AvgIpc) is 2.90. The van der Waals surface area contributed by atoms with Crippen LogP contribution in [0.3, 0.4) is 0 Å². The first-order valence-corrected chi connectivity index (χ1v) is 6.53. The van der Waals surface area contributed by atoms with Gasteiger partial charge in [-0.3, -0.25) is 14.4 Å². The summed E-state index contributed by atoms with van der Waals surface area (Å²) in [4.78, 5) is 35.7. The summed E-state index contributed by atoms with van der Waals surface area (Å²) >= 11 is 0. The maximum Gasteiger partial charge on any atom is 0.322 e. The van der Waals surface area contributed by atoms with E-state index in [0.717, 1.165) is 7.11 Å². The van der Waals surface area contributed by atoms with Crippen LogP contribution >= 0.6 is 0 Å². The van der Waals surface area contributed by atoms with Crippen LogP contribution < -0.4 is 4.74 Å². The van der Waals surface area contributed by atoms with Crippen molar-refractivity contribution in [2.75, 3.05) is 21.3 Å². The van der Waals surface area contributed by atoms with E-state index in [0.29, 0.717) is 11.3 Å². The van der Waals surface area contributed by atoms with Gasteiger partial charge in [0.15, 0.2) is 5.92 Å². The van der Waals surface area contributed by atoms with Crippen LogP contribution in [0.15, 0.2) is 24.3 Å². The minimum atomic E-state index is -1.33. The maximum absolute atomic E-state index is 12.0. The fraction of sp³-hybridized carbons (Fsp3) is 0.400. The molecule has 1 aliphatic rings. The number of hydrogen-bond donors (Lipinski definition) is 0. The topological polar surface area (TPSA) is 88.1 Å². The first kappa shape index (κ1) is 15.8. The number of rotatable bonds is 4. The fourth-order valence-electron chi connectivity index (χ4n) is 2.43. The smallest absolute Gasteiger partial charge is 0.322 e. The second kappa shape index (κ2) is 6.46. The summed E-state index contributed by atoms with van der Waals surface area (Å²) in [6.07, 6.45) is -0.907. The molecule has 22 heavy (non-hydrogen) atoms. The molecule has 7 nitrogen and oxygen atoms in total. The lowest BCUT2D eigenvalue weighted by Crippen LogP contribution is -2.33. The Bertz CT molecular complexity index is 578. The van der Waals surface area contributed by atoms with E-state index in [-0.39, 0.29) is 0 Å². The van der Waals surface area contributed by atoms with Crippen molar-refractivity contribution in [2.45, 2.75) is 6.10 Å². The molecule has 118 valence electrons. The zero-order valence-corrected chi connectivity index (χ0v) is 12.4. The minimum Gasteiger partial charge on any atom is -0.497 e. The van der Waals surface area contributed by atoms with E-state index in [1.54, 1.807) is 24.3 Å². The zero-order valence-electron chi connectivity index (χ0n) is 12.4. The molecular formula is C15H16O7. The van der Waals surface area contributed by atoms with Gasteiger partial charge in [0.2, 0.25) is 0 Å². The van der Waals surface area contributed by atoms with Crippen molar-refractivity contribution in [3.05, 3.63) is 29.8 Å². The molecule has 0 aromatic heterocycles. The van der Waals surface area contributed by atoms with E-state index in [1.165, 1.54) is 14.2 Å². The van der Waals surface area contributed by atoms with Crippen molar-refractivity contribution < 1.29 is 33.3 Å². The summed E-state index contributed by atoms with van der Waals surface area (Å²) < 4.78 is 19.5. The number of benzene rings is 1. The fourth-order valence-corrected chi connectivity index (χ4v) is 2.43. The summed E-state index contributed by atoms with van der Waals surface area (Å²) in [6.45, 7) is 0. The van der Waals surface area contributed by atoms with Crippen molar-refractivity contribution in [3.63, 3.8) is 0 Å². The first-order valence-electron chi connectivity index (χ1n) is 6.53. The summed E-state index contributed by atoms with van der Waals surface area (Å²) in [5.74, 6) is -4.13. The SMILES string of the molecule is COC(=O)C1C(=O)O[C@@H](c2ccc(OC)cc2)C1C(=O)OC. The van der Waals surface area contributed by atoms with E-state index in [1.807, 2.05) is 0 Å². The lowest BCUT2D eigenvalue weighted by Gasteiger charge is -2.18. The lowest BCUT2D eigenvalue weighted by molar-refractivity contribution is -0.159. The molecule has 1 aromatic carbocycles. The van der Waals surface area contributed by atoms with E-state index >= 15 is 0 Å². The van der Waals surface area contributed by atoms with Crippen LogP contribution in [-0.2, 0) is 28.6 Å². The molecule has 2 rings (SSSR count). The Kier molecular flexibility index (Phi) is 4.65. The molecule has 1 aromatic rings. The molecule has 1 fully saturated rings. The van der Waals surface area contributed by atoms with Gasteiger partial charge >= 0.3 is 17.9 Å². The van der Waals surface area contributed by atoms with Gasteiger partial charge in [-0.1, -0.05) is 12.1 Å². The molecule has 0 spiro atoms. The second-order valence-corrected chi connectivity index (χ2v) is 4.68. The van der Waals surface area contributed by atoms with Gasteiger partial charge in [0.25, 0.3) is 0 Å². The number of methoxy groups -OCH3 is 3. The van der Waals surface area contributed by atoms with E-state index < -0.39 is 35.8 Å². The standard InChI is InChI=1S/C15H16O7/c1-19-9-6-4-8(5-7-9)12-10(13(16)20-2)11(14(17)21-3)15(18)22-12/h4-7,10-12H,1-3H3/t10?,11?,12-/m0/s1. The molecule has 0 bridgehead atoms. The van der Waals surface area contributed by atoms with Gasteiger partial charge in [0, 0.05) is 0 Å². The third kappa shape index (κ3) is 2.74. The number of cyclic esters (lactones) is 1. The average molecular weight is 308 g/mol. The second-order valence-electron chi connectivity index (χ2n) is 4.68. The quantitative estimate of drug-likeness (QED) is 0.463. The van der Waals surface area contributed by atoms with Gasteiger partial charge in [-0.25, -0.2) is 0 Å². The first-order chi connectivity index (χ1) is 10.5. The van der Waals surface area contributed by atoms with Crippen LogP contribution in [0.2, 0.25) is 0 Å². The number of hydrogen-bond acceptors (Lipinski definition) is 7. The Labute approximate surface area is 127 Å². The summed E-state index contributed by atoms with van der Waals surface area (Å²) in [7, 11) is 3.85. The molecule has 0 saturated carbocycles. The van der Waals surface area contributed by atoms with E-state index in [4.69, 9.17) is 14.2 Å². The number of carbonyl (C=O) groups is 3. The molecule has 0 amide bonds. The molecule has 1 saturated heterocycles. The Morgan fingerprint density at radius 1 is 1.00 bits per heavy atom. The largest absolute Gasteiger partial charge is 0.497 e. The lowest BCUT2D eigenvalue weighted by atomic mass is 9.87. The Morgan fingerprint density at radius 3 is 2.09 bits per heavy atom. The van der Waals surface area contributed by atoms with Gasteiger partial charge in [0.1, 0.15) is 17.8 Å². The van der Waals surface area contributed by atoms with Crippen LogP contribution in [0, 0.1) is 11.8 Å². The van der Waals surface area contributed by atoms with Gasteiger partial charge in [0.05, 0.1) is 21.3 Å². The molecule has 0 radical (unpaired) electrons. The van der Waals surface area contributed by atoms with Gasteiger partial charge in [-0.15, -0.1) is 0 Å². The maximum atomic E-state index is 12.0. The van der Waals surface area contributed by atoms with Crippen LogP contribution in [-0.4, -0.2) is 39.2 Å². The van der Waals surface area contributed by atoms with E-state index in [9.17, 15) is 14.4 Å². The molecule has 3 atom stereocenters. The number of carbonyl (C=O) groups excluding carboxylic acids is 3. The minimum absolute atomic E-state index is 0.566. The van der Waals surface area contributed by atoms with Crippen molar-refractivity contribution in [1.29, 1.82) is 0 Å². The van der Waals surface area contributed by atoms with Gasteiger partial charge in [-0.2, -0.15) is 0 Å². The Balaban J connectivity index is 2.38. The number of ether oxygens (including phenoxy) is 4. The van der Waals surface area contributed by atoms with Gasteiger partial charge < -0.3 is 18.9 Å². The molecule has 1 heterocycles. The van der Waals surface area contributed by atoms with Crippen molar-refractivity contribution >= 4 is 17.9 Å². The normalized spacial score (nSPS) is 23.6. The van der Waals surface area contributed by atoms with Crippen LogP contribution in [0.5, 0.6) is 5.75 Å².